The number of carbonyl (C=O) groups excluding carboxylic acids is 2. The van der Waals surface area contributed by atoms with Crippen LogP contribution in [0, 0.1) is 6.92 Å². The maximum atomic E-state index is 11.8. The number of hydrogen-bond donors (Lipinski definition) is 0. The van der Waals surface area contributed by atoms with Crippen molar-refractivity contribution in [2.45, 2.75) is 33.2 Å². The van der Waals surface area contributed by atoms with E-state index in [-0.39, 0.29) is 24.7 Å². The molecule has 0 unspecified atom stereocenters. The monoisotopic (exact) mass is 253 g/mol. The molecule has 1 amide bonds. The van der Waals surface area contributed by atoms with Crippen molar-refractivity contribution >= 4 is 11.9 Å². The molecule has 5 heteroatoms. The smallest absolute Gasteiger partial charge is 0.306 e. The molecule has 5 nitrogen and oxygen atoms in total. The van der Waals surface area contributed by atoms with Gasteiger partial charge in [0, 0.05) is 25.6 Å². The van der Waals surface area contributed by atoms with Crippen molar-refractivity contribution in [3.8, 4) is 0 Å². The van der Waals surface area contributed by atoms with Crippen molar-refractivity contribution < 1.29 is 18.7 Å². The summed E-state index contributed by atoms with van der Waals surface area (Å²) in [6, 6.07) is 1.84. The third kappa shape index (κ3) is 4.24. The lowest BCUT2D eigenvalue weighted by Gasteiger charge is -2.16. The normalized spacial score (nSPS) is 10.2. The summed E-state index contributed by atoms with van der Waals surface area (Å²) in [7, 11) is 1.71. The van der Waals surface area contributed by atoms with Crippen LogP contribution in [0.1, 0.15) is 31.1 Å². The van der Waals surface area contributed by atoms with Crippen LogP contribution in [0.25, 0.3) is 0 Å². The Morgan fingerprint density at radius 1 is 1.39 bits per heavy atom. The summed E-state index contributed by atoms with van der Waals surface area (Å²) in [4.78, 5) is 24.5. The van der Waals surface area contributed by atoms with E-state index in [4.69, 9.17) is 9.15 Å². The minimum Gasteiger partial charge on any atom is -0.469 e. The topological polar surface area (TPSA) is 59.8 Å². The Morgan fingerprint density at radius 2 is 2.11 bits per heavy atom. The number of nitrogens with zero attached hydrogens (tertiary/aromatic N) is 1. The third-order valence-electron chi connectivity index (χ3n) is 2.65. The highest BCUT2D eigenvalue weighted by Gasteiger charge is 2.13. The average molecular weight is 253 g/mol. The summed E-state index contributed by atoms with van der Waals surface area (Å²) in [6.45, 7) is 4.43. The lowest BCUT2D eigenvalue weighted by atomic mass is 10.2. The van der Waals surface area contributed by atoms with Gasteiger partial charge in [-0.3, -0.25) is 9.59 Å². The van der Waals surface area contributed by atoms with E-state index < -0.39 is 0 Å². The van der Waals surface area contributed by atoms with Crippen LogP contribution < -0.4 is 0 Å². The first kappa shape index (κ1) is 14.3. The van der Waals surface area contributed by atoms with Crippen LogP contribution in [-0.4, -0.2) is 30.4 Å². The van der Waals surface area contributed by atoms with Crippen LogP contribution in [0.5, 0.6) is 0 Å². The number of carbonyl (C=O) groups is 2. The molecule has 0 fully saturated rings. The molecule has 0 aliphatic heterocycles. The molecule has 0 saturated heterocycles. The van der Waals surface area contributed by atoms with Crippen molar-refractivity contribution in [1.82, 2.24) is 4.90 Å². The van der Waals surface area contributed by atoms with E-state index in [2.05, 4.69) is 0 Å². The Balaban J connectivity index is 2.38. The maximum Gasteiger partial charge on any atom is 0.306 e. The lowest BCUT2D eigenvalue weighted by molar-refractivity contribution is -0.145. The number of rotatable bonds is 6. The highest BCUT2D eigenvalue weighted by Crippen LogP contribution is 2.11. The standard InChI is InChI=1S/C13H19NO4/c1-4-17-13(16)6-5-12(15)14(3)9-11-7-8-18-10(11)2/h7-8H,4-6,9H2,1-3H3. The van der Waals surface area contributed by atoms with Crippen molar-refractivity contribution in [3.05, 3.63) is 23.7 Å². The molecule has 0 radical (unpaired) electrons. The van der Waals surface area contributed by atoms with Gasteiger partial charge in [0.15, 0.2) is 0 Å². The fourth-order valence-electron chi connectivity index (χ4n) is 1.55. The Bertz CT molecular complexity index is 411. The van der Waals surface area contributed by atoms with Crippen molar-refractivity contribution in [3.63, 3.8) is 0 Å². The summed E-state index contributed by atoms with van der Waals surface area (Å²) >= 11 is 0. The van der Waals surface area contributed by atoms with Crippen LogP contribution in [-0.2, 0) is 20.9 Å². The summed E-state index contributed by atoms with van der Waals surface area (Å²) in [5.41, 5.74) is 0.974. The van der Waals surface area contributed by atoms with Gasteiger partial charge in [-0.15, -0.1) is 0 Å². The van der Waals surface area contributed by atoms with Gasteiger partial charge < -0.3 is 14.1 Å². The molecular weight excluding hydrogens is 234 g/mol. The van der Waals surface area contributed by atoms with Gasteiger partial charge in [0.25, 0.3) is 0 Å². The van der Waals surface area contributed by atoms with Crippen LogP contribution in [0.15, 0.2) is 16.7 Å². The van der Waals surface area contributed by atoms with Gasteiger partial charge in [-0.05, 0) is 19.9 Å². The number of aryl methyl sites for hydroxylation is 1. The molecule has 0 atom stereocenters. The van der Waals surface area contributed by atoms with Crippen molar-refractivity contribution in [2.75, 3.05) is 13.7 Å². The van der Waals surface area contributed by atoms with E-state index in [1.54, 1.807) is 25.1 Å². The first-order valence-electron chi connectivity index (χ1n) is 5.97. The summed E-state index contributed by atoms with van der Waals surface area (Å²) in [5, 5.41) is 0. The molecule has 1 rings (SSSR count). The predicted octanol–water partition coefficient (Wildman–Crippen LogP) is 1.89. The average Bonchev–Trinajstić information content (AvgIpc) is 2.72. The molecule has 18 heavy (non-hydrogen) atoms. The zero-order valence-electron chi connectivity index (χ0n) is 11.1. The first-order chi connectivity index (χ1) is 8.54. The Morgan fingerprint density at radius 3 is 2.67 bits per heavy atom. The number of furan rings is 1. The van der Waals surface area contributed by atoms with Gasteiger partial charge in [0.05, 0.1) is 19.3 Å². The van der Waals surface area contributed by atoms with E-state index in [0.717, 1.165) is 11.3 Å². The largest absolute Gasteiger partial charge is 0.469 e. The minimum absolute atomic E-state index is 0.0800. The zero-order chi connectivity index (χ0) is 13.5. The first-order valence-corrected chi connectivity index (χ1v) is 5.97. The van der Waals surface area contributed by atoms with E-state index >= 15 is 0 Å². The molecule has 0 aliphatic carbocycles. The maximum absolute atomic E-state index is 11.8. The molecule has 1 aromatic rings. The zero-order valence-corrected chi connectivity index (χ0v) is 11.1. The predicted molar refractivity (Wildman–Crippen MR) is 65.8 cm³/mol. The Hall–Kier alpha value is -1.78. The van der Waals surface area contributed by atoms with Crippen molar-refractivity contribution in [2.24, 2.45) is 0 Å². The fourth-order valence-corrected chi connectivity index (χ4v) is 1.55. The molecular formula is C13H19NO4. The van der Waals surface area contributed by atoms with Gasteiger partial charge in [0.1, 0.15) is 5.76 Å². The van der Waals surface area contributed by atoms with Gasteiger partial charge in [-0.1, -0.05) is 0 Å². The van der Waals surface area contributed by atoms with Gasteiger partial charge in [-0.2, -0.15) is 0 Å². The quantitative estimate of drug-likeness (QED) is 0.726. The summed E-state index contributed by atoms with van der Waals surface area (Å²) in [5.74, 6) is 0.391. The number of esters is 1. The molecule has 0 aromatic carbocycles. The summed E-state index contributed by atoms with van der Waals surface area (Å²) in [6.07, 6.45) is 1.90. The second-order valence-electron chi connectivity index (χ2n) is 4.06. The molecule has 0 aliphatic rings. The fraction of sp³-hybridized carbons (Fsp3) is 0.538. The molecule has 0 saturated carbocycles. The molecule has 1 heterocycles. The second kappa shape index (κ2) is 6.83. The molecule has 0 spiro atoms. The SMILES string of the molecule is CCOC(=O)CCC(=O)N(C)Cc1ccoc1C. The molecule has 0 N–H and O–H groups in total. The molecule has 100 valence electrons. The Kier molecular flexibility index (Phi) is 5.42. The number of amides is 1. The van der Waals surface area contributed by atoms with E-state index in [1.165, 1.54) is 0 Å². The van der Waals surface area contributed by atoms with Gasteiger partial charge in [-0.25, -0.2) is 0 Å². The van der Waals surface area contributed by atoms with Crippen LogP contribution >= 0.6 is 0 Å². The second-order valence-corrected chi connectivity index (χ2v) is 4.06. The minimum atomic E-state index is -0.334. The molecule has 0 bridgehead atoms. The Labute approximate surface area is 107 Å². The van der Waals surface area contributed by atoms with Crippen molar-refractivity contribution in [1.29, 1.82) is 0 Å². The van der Waals surface area contributed by atoms with Gasteiger partial charge in [0.2, 0.25) is 5.91 Å². The molecule has 1 aromatic heterocycles. The van der Waals surface area contributed by atoms with Crippen LogP contribution in [0.3, 0.4) is 0 Å². The third-order valence-corrected chi connectivity index (χ3v) is 2.65. The van der Waals surface area contributed by atoms with Crippen LogP contribution in [0.2, 0.25) is 0 Å². The van der Waals surface area contributed by atoms with Gasteiger partial charge >= 0.3 is 5.97 Å². The van der Waals surface area contributed by atoms with Crippen LogP contribution in [0.4, 0.5) is 0 Å². The number of ether oxygens (including phenoxy) is 1. The van der Waals surface area contributed by atoms with E-state index in [1.807, 2.05) is 13.0 Å². The highest BCUT2D eigenvalue weighted by atomic mass is 16.5. The highest BCUT2D eigenvalue weighted by molar-refractivity contribution is 5.81. The van der Waals surface area contributed by atoms with E-state index in [9.17, 15) is 9.59 Å². The lowest BCUT2D eigenvalue weighted by Crippen LogP contribution is -2.26. The number of hydrogen-bond acceptors (Lipinski definition) is 4. The van der Waals surface area contributed by atoms with E-state index in [0.29, 0.717) is 13.2 Å². The summed E-state index contributed by atoms with van der Waals surface area (Å²) < 4.78 is 9.94.